The van der Waals surface area contributed by atoms with E-state index in [0.717, 1.165) is 19.3 Å². The number of aliphatic hydroxyl groups is 1. The van der Waals surface area contributed by atoms with Crippen LogP contribution in [0.5, 0.6) is 0 Å². The molecule has 1 fully saturated rings. The van der Waals surface area contributed by atoms with Gasteiger partial charge in [0.2, 0.25) is 5.91 Å². The third-order valence-electron chi connectivity index (χ3n) is 3.82. The van der Waals surface area contributed by atoms with E-state index in [0.29, 0.717) is 17.8 Å². The summed E-state index contributed by atoms with van der Waals surface area (Å²) in [6.07, 6.45) is 1.96. The maximum atomic E-state index is 14.3. The largest absolute Gasteiger partial charge is 0.389 e. The molecule has 0 aromatic heterocycles. The first-order valence-electron chi connectivity index (χ1n) is 7.00. The predicted molar refractivity (Wildman–Crippen MR) is 76.1 cm³/mol. The molecule has 0 spiro atoms. The van der Waals surface area contributed by atoms with Gasteiger partial charge in [-0.1, -0.05) is 6.07 Å². The van der Waals surface area contributed by atoms with Gasteiger partial charge in [-0.2, -0.15) is 0 Å². The molecule has 0 bridgehead atoms. The van der Waals surface area contributed by atoms with Crippen LogP contribution in [0.2, 0.25) is 0 Å². The first-order valence-corrected chi connectivity index (χ1v) is 7.00. The molecule has 1 saturated heterocycles. The maximum Gasteiger partial charge on any atom is 0.242 e. The number of benzene rings is 1. The monoisotopic (exact) mass is 280 g/mol. The number of anilines is 1. The minimum atomic E-state index is -0.699. The van der Waals surface area contributed by atoms with E-state index in [1.807, 2.05) is 4.90 Å². The predicted octanol–water partition coefficient (Wildman–Crippen LogP) is 1.98. The highest BCUT2D eigenvalue weighted by Crippen LogP contribution is 2.29. The Hall–Kier alpha value is -1.62. The molecule has 1 unspecified atom stereocenters. The van der Waals surface area contributed by atoms with Gasteiger partial charge in [0.05, 0.1) is 11.8 Å². The van der Waals surface area contributed by atoms with Crippen molar-refractivity contribution in [2.45, 2.75) is 38.3 Å². The Morgan fingerprint density at radius 2 is 2.25 bits per heavy atom. The van der Waals surface area contributed by atoms with Crippen LogP contribution >= 0.6 is 0 Å². The van der Waals surface area contributed by atoms with Crippen LogP contribution in [0.15, 0.2) is 18.2 Å². The van der Waals surface area contributed by atoms with Crippen LogP contribution in [0.4, 0.5) is 10.1 Å². The molecular weight excluding hydrogens is 259 g/mol. The van der Waals surface area contributed by atoms with Crippen molar-refractivity contribution >= 4 is 11.6 Å². The van der Waals surface area contributed by atoms with E-state index in [-0.39, 0.29) is 17.8 Å². The van der Waals surface area contributed by atoms with E-state index in [2.05, 4.69) is 5.32 Å². The fourth-order valence-electron chi connectivity index (χ4n) is 2.68. The van der Waals surface area contributed by atoms with Crippen LogP contribution in [0.3, 0.4) is 0 Å². The molecule has 1 aliphatic heterocycles. The fourth-order valence-corrected chi connectivity index (χ4v) is 2.68. The number of aliphatic hydroxyl groups excluding tert-OH is 1. The number of hydrogen-bond donors (Lipinski definition) is 2. The molecule has 4 nitrogen and oxygen atoms in total. The van der Waals surface area contributed by atoms with E-state index < -0.39 is 6.10 Å². The molecule has 110 valence electrons. The van der Waals surface area contributed by atoms with Crippen LogP contribution in [0.1, 0.15) is 37.9 Å². The van der Waals surface area contributed by atoms with Crippen molar-refractivity contribution in [1.29, 1.82) is 0 Å². The molecule has 1 heterocycles. The Labute approximate surface area is 118 Å². The Morgan fingerprint density at radius 1 is 1.50 bits per heavy atom. The van der Waals surface area contributed by atoms with Gasteiger partial charge in [-0.3, -0.25) is 4.79 Å². The summed E-state index contributed by atoms with van der Waals surface area (Å²) in [7, 11) is 1.60. The molecular formula is C15H21FN2O2. The van der Waals surface area contributed by atoms with E-state index >= 15 is 0 Å². The summed E-state index contributed by atoms with van der Waals surface area (Å²) in [4.78, 5) is 13.7. The lowest BCUT2D eigenvalue weighted by Crippen LogP contribution is -2.49. The van der Waals surface area contributed by atoms with Crippen molar-refractivity contribution in [2.75, 3.05) is 18.5 Å². The molecule has 20 heavy (non-hydrogen) atoms. The normalized spacial score (nSPS) is 20.6. The van der Waals surface area contributed by atoms with E-state index in [4.69, 9.17) is 0 Å². The number of carbonyl (C=O) groups excluding carboxylic acids is 1. The van der Waals surface area contributed by atoms with Gasteiger partial charge in [0.25, 0.3) is 0 Å². The first kappa shape index (κ1) is 14.8. The fraction of sp³-hybridized carbons (Fsp3) is 0.533. The van der Waals surface area contributed by atoms with Gasteiger partial charge in [-0.25, -0.2) is 4.39 Å². The van der Waals surface area contributed by atoms with Gasteiger partial charge in [0.15, 0.2) is 0 Å². The summed E-state index contributed by atoms with van der Waals surface area (Å²) < 4.78 is 14.3. The van der Waals surface area contributed by atoms with Crippen LogP contribution in [-0.4, -0.2) is 30.6 Å². The van der Waals surface area contributed by atoms with E-state index in [9.17, 15) is 14.3 Å². The van der Waals surface area contributed by atoms with E-state index in [1.54, 1.807) is 26.1 Å². The number of halogens is 1. The van der Waals surface area contributed by atoms with Crippen LogP contribution < -0.4 is 10.2 Å². The minimum absolute atomic E-state index is 0.0799. The average Bonchev–Trinajstić information content (AvgIpc) is 2.46. The third-order valence-corrected chi connectivity index (χ3v) is 3.82. The molecule has 5 heteroatoms. The lowest BCUT2D eigenvalue weighted by atomic mass is 9.99. The van der Waals surface area contributed by atoms with Gasteiger partial charge < -0.3 is 15.3 Å². The van der Waals surface area contributed by atoms with Crippen LogP contribution in [0.25, 0.3) is 0 Å². The Kier molecular flexibility index (Phi) is 4.60. The van der Waals surface area contributed by atoms with Gasteiger partial charge in [0.1, 0.15) is 11.9 Å². The topological polar surface area (TPSA) is 52.6 Å². The summed E-state index contributed by atoms with van der Waals surface area (Å²) in [6.45, 7) is 2.27. The SMILES string of the molecule is CNC(=O)C1CCCCN1c1ccc([C@H](C)O)cc1F. The molecule has 1 amide bonds. The number of piperidine rings is 1. The molecule has 0 aliphatic carbocycles. The smallest absolute Gasteiger partial charge is 0.242 e. The average molecular weight is 280 g/mol. The molecule has 2 N–H and O–H groups in total. The van der Waals surface area contributed by atoms with Crippen LogP contribution in [0, 0.1) is 5.82 Å². The zero-order chi connectivity index (χ0) is 14.7. The van der Waals surface area contributed by atoms with Crippen LogP contribution in [-0.2, 0) is 4.79 Å². The van der Waals surface area contributed by atoms with Crippen molar-refractivity contribution in [3.8, 4) is 0 Å². The second kappa shape index (κ2) is 6.22. The van der Waals surface area contributed by atoms with Gasteiger partial charge >= 0.3 is 0 Å². The number of carbonyl (C=O) groups is 1. The highest BCUT2D eigenvalue weighted by Gasteiger charge is 2.29. The first-order chi connectivity index (χ1) is 9.54. The summed E-state index contributed by atoms with van der Waals surface area (Å²) in [6, 6.07) is 4.38. The zero-order valence-electron chi connectivity index (χ0n) is 11.9. The van der Waals surface area contributed by atoms with Gasteiger partial charge in [-0.15, -0.1) is 0 Å². The molecule has 0 saturated carbocycles. The molecule has 1 aromatic carbocycles. The quantitative estimate of drug-likeness (QED) is 0.890. The number of likely N-dealkylation sites (N-methyl/N-ethyl adjacent to an activating group) is 1. The van der Waals surface area contributed by atoms with E-state index in [1.165, 1.54) is 6.07 Å². The molecule has 2 rings (SSSR count). The highest BCUT2D eigenvalue weighted by molar-refractivity contribution is 5.85. The second-order valence-corrected chi connectivity index (χ2v) is 5.21. The Bertz CT molecular complexity index is 491. The Balaban J connectivity index is 2.30. The summed E-state index contributed by atoms with van der Waals surface area (Å²) >= 11 is 0. The highest BCUT2D eigenvalue weighted by atomic mass is 19.1. The van der Waals surface area contributed by atoms with Crippen molar-refractivity contribution in [2.24, 2.45) is 0 Å². The van der Waals surface area contributed by atoms with Crippen molar-refractivity contribution in [1.82, 2.24) is 5.32 Å². The number of rotatable bonds is 3. The lowest BCUT2D eigenvalue weighted by Gasteiger charge is -2.36. The van der Waals surface area contributed by atoms with Gasteiger partial charge in [-0.05, 0) is 43.9 Å². The standard InChI is InChI=1S/C15H21FN2O2/c1-10(19)11-6-7-13(12(16)9-11)18-8-4-3-5-14(18)15(20)17-2/h6-7,9-10,14,19H,3-5,8H2,1-2H3,(H,17,20)/t10-,14?/m0/s1. The number of hydrogen-bond acceptors (Lipinski definition) is 3. The number of amides is 1. The zero-order valence-corrected chi connectivity index (χ0v) is 11.9. The second-order valence-electron chi connectivity index (χ2n) is 5.21. The van der Waals surface area contributed by atoms with Crippen molar-refractivity contribution in [3.05, 3.63) is 29.6 Å². The van der Waals surface area contributed by atoms with Crippen molar-refractivity contribution in [3.63, 3.8) is 0 Å². The summed E-state index contributed by atoms with van der Waals surface area (Å²) in [5, 5.41) is 12.1. The Morgan fingerprint density at radius 3 is 2.85 bits per heavy atom. The molecule has 1 aromatic rings. The lowest BCUT2D eigenvalue weighted by molar-refractivity contribution is -0.122. The maximum absolute atomic E-state index is 14.3. The molecule has 2 atom stereocenters. The van der Waals surface area contributed by atoms with Crippen molar-refractivity contribution < 1.29 is 14.3 Å². The van der Waals surface area contributed by atoms with Gasteiger partial charge in [0, 0.05) is 13.6 Å². The molecule has 0 radical (unpaired) electrons. The number of nitrogens with zero attached hydrogens (tertiary/aromatic N) is 1. The third kappa shape index (κ3) is 2.93. The summed E-state index contributed by atoms with van der Waals surface area (Å²) in [5.74, 6) is -0.470. The molecule has 1 aliphatic rings. The summed E-state index contributed by atoms with van der Waals surface area (Å²) in [5.41, 5.74) is 0.974. The number of nitrogens with one attached hydrogen (secondary N) is 1. The minimum Gasteiger partial charge on any atom is -0.389 e.